The topological polar surface area (TPSA) is 96.6 Å². The SMILES string of the molecule is COc1cc(OC)c2nc(-c3ccccc3)c(OC)nc2c1[N+](=O)[O-]. The lowest BCUT2D eigenvalue weighted by atomic mass is 10.1. The van der Waals surface area contributed by atoms with Crippen LogP contribution < -0.4 is 14.2 Å². The lowest BCUT2D eigenvalue weighted by molar-refractivity contribution is -0.384. The van der Waals surface area contributed by atoms with Gasteiger partial charge in [-0.15, -0.1) is 0 Å². The number of nitrogens with zero attached hydrogens (tertiary/aromatic N) is 3. The number of aromatic nitrogens is 2. The zero-order valence-corrected chi connectivity index (χ0v) is 13.8. The Bertz CT molecular complexity index is 944. The predicted molar refractivity (Wildman–Crippen MR) is 91.3 cm³/mol. The van der Waals surface area contributed by atoms with Gasteiger partial charge in [0.1, 0.15) is 11.2 Å². The highest BCUT2D eigenvalue weighted by Crippen LogP contribution is 2.41. The lowest BCUT2D eigenvalue weighted by Gasteiger charge is -2.12. The van der Waals surface area contributed by atoms with Crippen LogP contribution in [-0.4, -0.2) is 36.2 Å². The summed E-state index contributed by atoms with van der Waals surface area (Å²) in [6, 6.07) is 10.7. The first-order chi connectivity index (χ1) is 12.1. The first-order valence-electron chi connectivity index (χ1n) is 7.31. The van der Waals surface area contributed by atoms with E-state index in [4.69, 9.17) is 14.2 Å². The van der Waals surface area contributed by atoms with Crippen LogP contribution in [0.3, 0.4) is 0 Å². The molecule has 8 heteroatoms. The summed E-state index contributed by atoms with van der Waals surface area (Å²) in [6.45, 7) is 0. The number of ether oxygens (including phenoxy) is 3. The van der Waals surface area contributed by atoms with Crippen LogP contribution in [0.25, 0.3) is 22.3 Å². The van der Waals surface area contributed by atoms with E-state index in [1.165, 1.54) is 27.4 Å². The summed E-state index contributed by atoms with van der Waals surface area (Å²) in [4.78, 5) is 19.8. The maximum atomic E-state index is 11.5. The van der Waals surface area contributed by atoms with Crippen molar-refractivity contribution in [1.82, 2.24) is 9.97 Å². The third-order valence-corrected chi connectivity index (χ3v) is 3.68. The van der Waals surface area contributed by atoms with Gasteiger partial charge in [-0.2, -0.15) is 0 Å². The number of fused-ring (bicyclic) bond motifs is 1. The van der Waals surface area contributed by atoms with Crippen LogP contribution >= 0.6 is 0 Å². The van der Waals surface area contributed by atoms with Crippen molar-refractivity contribution in [2.45, 2.75) is 0 Å². The highest BCUT2D eigenvalue weighted by atomic mass is 16.6. The number of benzene rings is 2. The van der Waals surface area contributed by atoms with Crippen molar-refractivity contribution in [1.29, 1.82) is 0 Å². The molecule has 0 atom stereocenters. The van der Waals surface area contributed by atoms with E-state index in [1.807, 2.05) is 30.3 Å². The standard InChI is InChI=1S/C17H15N3O5/c1-23-11-9-12(24-2)16(20(21)22)15-14(11)18-13(17(19-15)25-3)10-7-5-4-6-8-10/h4-9H,1-3H3. The van der Waals surface area contributed by atoms with Crippen LogP contribution in [0.2, 0.25) is 0 Å². The molecule has 1 heterocycles. The highest BCUT2D eigenvalue weighted by Gasteiger charge is 2.27. The fourth-order valence-electron chi connectivity index (χ4n) is 2.54. The van der Waals surface area contributed by atoms with E-state index < -0.39 is 4.92 Å². The Kier molecular flexibility index (Phi) is 4.34. The average molecular weight is 341 g/mol. The Balaban J connectivity index is 2.42. The van der Waals surface area contributed by atoms with Gasteiger partial charge in [0.2, 0.25) is 11.6 Å². The van der Waals surface area contributed by atoms with Gasteiger partial charge in [-0.3, -0.25) is 10.1 Å². The minimum absolute atomic E-state index is 0.0396. The normalized spacial score (nSPS) is 10.5. The summed E-state index contributed by atoms with van der Waals surface area (Å²) < 4.78 is 15.8. The molecule has 0 unspecified atom stereocenters. The first-order valence-corrected chi connectivity index (χ1v) is 7.31. The Hall–Kier alpha value is -3.42. The number of nitro groups is 1. The molecule has 2 aromatic carbocycles. The predicted octanol–water partition coefficient (Wildman–Crippen LogP) is 3.23. The summed E-state index contributed by atoms with van der Waals surface area (Å²) in [5.74, 6) is 0.542. The quantitative estimate of drug-likeness (QED) is 0.519. The third kappa shape index (κ3) is 2.78. The zero-order valence-electron chi connectivity index (χ0n) is 13.8. The maximum Gasteiger partial charge on any atom is 0.338 e. The van der Waals surface area contributed by atoms with Crippen molar-refractivity contribution in [2.75, 3.05) is 21.3 Å². The molecule has 0 amide bonds. The molecule has 0 radical (unpaired) electrons. The molecular formula is C17H15N3O5. The van der Waals surface area contributed by atoms with Crippen molar-refractivity contribution in [3.63, 3.8) is 0 Å². The van der Waals surface area contributed by atoms with Gasteiger partial charge in [0.05, 0.1) is 26.3 Å². The number of methoxy groups -OCH3 is 3. The summed E-state index contributed by atoms with van der Waals surface area (Å²) in [7, 11) is 4.23. The summed E-state index contributed by atoms with van der Waals surface area (Å²) in [5, 5.41) is 11.5. The molecule has 1 aromatic heterocycles. The molecule has 0 fully saturated rings. The molecule has 0 aliphatic heterocycles. The second kappa shape index (κ2) is 6.60. The zero-order chi connectivity index (χ0) is 18.0. The molecule has 0 aliphatic carbocycles. The van der Waals surface area contributed by atoms with Gasteiger partial charge in [-0.1, -0.05) is 30.3 Å². The molecule has 0 saturated carbocycles. The fraction of sp³-hybridized carbons (Fsp3) is 0.176. The van der Waals surface area contributed by atoms with Crippen LogP contribution in [0.1, 0.15) is 0 Å². The third-order valence-electron chi connectivity index (χ3n) is 3.68. The molecule has 8 nitrogen and oxygen atoms in total. The van der Waals surface area contributed by atoms with E-state index in [-0.39, 0.29) is 28.4 Å². The van der Waals surface area contributed by atoms with Crippen LogP contribution in [0, 0.1) is 10.1 Å². The van der Waals surface area contributed by atoms with E-state index in [2.05, 4.69) is 9.97 Å². The Labute approximate surface area is 143 Å². The van der Waals surface area contributed by atoms with Gasteiger partial charge in [-0.05, 0) is 0 Å². The van der Waals surface area contributed by atoms with Crippen LogP contribution in [-0.2, 0) is 0 Å². The molecule has 0 N–H and O–H groups in total. The first kappa shape index (κ1) is 16.4. The second-order valence-corrected chi connectivity index (χ2v) is 5.03. The summed E-state index contributed by atoms with van der Waals surface area (Å²) in [6.07, 6.45) is 0. The van der Waals surface area contributed by atoms with Crippen molar-refractivity contribution in [3.05, 3.63) is 46.5 Å². The minimum Gasteiger partial charge on any atom is -0.494 e. The highest BCUT2D eigenvalue weighted by molar-refractivity contribution is 5.94. The van der Waals surface area contributed by atoms with E-state index >= 15 is 0 Å². The van der Waals surface area contributed by atoms with Crippen molar-refractivity contribution < 1.29 is 19.1 Å². The number of hydrogen-bond acceptors (Lipinski definition) is 7. The van der Waals surface area contributed by atoms with E-state index in [9.17, 15) is 10.1 Å². The van der Waals surface area contributed by atoms with Crippen molar-refractivity contribution >= 4 is 16.7 Å². The van der Waals surface area contributed by atoms with Gasteiger partial charge >= 0.3 is 5.69 Å². The summed E-state index contributed by atoms with van der Waals surface area (Å²) >= 11 is 0. The molecule has 3 aromatic rings. The largest absolute Gasteiger partial charge is 0.494 e. The Morgan fingerprint density at radius 1 is 0.920 bits per heavy atom. The lowest BCUT2D eigenvalue weighted by Crippen LogP contribution is -2.02. The van der Waals surface area contributed by atoms with Gasteiger partial charge in [0.25, 0.3) is 0 Å². The molecule has 128 valence electrons. The monoisotopic (exact) mass is 341 g/mol. The van der Waals surface area contributed by atoms with E-state index in [1.54, 1.807) is 0 Å². The number of nitro benzene ring substituents is 1. The van der Waals surface area contributed by atoms with E-state index in [0.29, 0.717) is 11.4 Å². The second-order valence-electron chi connectivity index (χ2n) is 5.03. The number of rotatable bonds is 5. The van der Waals surface area contributed by atoms with Crippen molar-refractivity contribution in [2.24, 2.45) is 0 Å². The molecular weight excluding hydrogens is 326 g/mol. The molecule has 0 saturated heterocycles. The van der Waals surface area contributed by atoms with Crippen LogP contribution in [0.4, 0.5) is 5.69 Å². The van der Waals surface area contributed by atoms with E-state index in [0.717, 1.165) is 5.56 Å². The molecule has 0 bridgehead atoms. The smallest absolute Gasteiger partial charge is 0.338 e. The molecule has 0 spiro atoms. The van der Waals surface area contributed by atoms with Gasteiger partial charge in [0.15, 0.2) is 11.3 Å². The number of hydrogen-bond donors (Lipinski definition) is 0. The van der Waals surface area contributed by atoms with Crippen LogP contribution in [0.15, 0.2) is 36.4 Å². The molecule has 25 heavy (non-hydrogen) atoms. The fourth-order valence-corrected chi connectivity index (χ4v) is 2.54. The molecule has 0 aliphatic rings. The Morgan fingerprint density at radius 2 is 1.60 bits per heavy atom. The average Bonchev–Trinajstić information content (AvgIpc) is 2.65. The van der Waals surface area contributed by atoms with Gasteiger partial charge in [-0.25, -0.2) is 9.97 Å². The molecule has 3 rings (SSSR count). The van der Waals surface area contributed by atoms with Crippen LogP contribution in [0.5, 0.6) is 17.4 Å². The van der Waals surface area contributed by atoms with Gasteiger partial charge < -0.3 is 14.2 Å². The van der Waals surface area contributed by atoms with Gasteiger partial charge in [0, 0.05) is 11.6 Å². The van der Waals surface area contributed by atoms with Crippen molar-refractivity contribution in [3.8, 4) is 28.6 Å². The summed E-state index contributed by atoms with van der Waals surface area (Å²) in [5.41, 5.74) is 1.25. The maximum absolute atomic E-state index is 11.5. The minimum atomic E-state index is -0.559. The Morgan fingerprint density at radius 3 is 2.16 bits per heavy atom.